The molecule has 15 heavy (non-hydrogen) atoms. The molecule has 0 aromatic heterocycles. The second-order valence-corrected chi connectivity index (χ2v) is 5.05. The lowest BCUT2D eigenvalue weighted by molar-refractivity contribution is -0.120. The Kier molecular flexibility index (Phi) is 7.39. The van der Waals surface area contributed by atoms with Gasteiger partial charge in [-0.05, 0) is 24.3 Å². The molecule has 0 spiro atoms. The maximum absolute atomic E-state index is 11.3. The predicted molar refractivity (Wildman–Crippen MR) is 64.7 cm³/mol. The summed E-state index contributed by atoms with van der Waals surface area (Å²) in [5.74, 6) is 1.89. The van der Waals surface area contributed by atoms with E-state index in [0.717, 1.165) is 13.1 Å². The van der Waals surface area contributed by atoms with Crippen LogP contribution in [0.3, 0.4) is 0 Å². The molecule has 0 heterocycles. The largest absolute Gasteiger partial charge is 0.355 e. The van der Waals surface area contributed by atoms with Crippen molar-refractivity contribution in [3.05, 3.63) is 0 Å². The Bertz CT molecular complexity index is 178. The first-order valence-corrected chi connectivity index (χ1v) is 5.90. The topological polar surface area (TPSA) is 41.1 Å². The molecule has 3 nitrogen and oxygen atoms in total. The van der Waals surface area contributed by atoms with Crippen molar-refractivity contribution in [2.75, 3.05) is 19.6 Å². The van der Waals surface area contributed by atoms with E-state index in [1.165, 1.54) is 0 Å². The fourth-order valence-electron chi connectivity index (χ4n) is 1.03. The average molecular weight is 214 g/mol. The van der Waals surface area contributed by atoms with Gasteiger partial charge in [0, 0.05) is 6.54 Å². The number of amides is 1. The molecule has 0 fully saturated rings. The van der Waals surface area contributed by atoms with Gasteiger partial charge in [0.05, 0.1) is 6.54 Å². The maximum atomic E-state index is 11.3. The fourth-order valence-corrected chi connectivity index (χ4v) is 1.03. The third-order valence-electron chi connectivity index (χ3n) is 2.60. The monoisotopic (exact) mass is 214 g/mol. The highest BCUT2D eigenvalue weighted by molar-refractivity contribution is 5.77. The SMILES string of the molecule is CC(C)CNC(=O)CNCC(C)C(C)C. The number of hydrogen-bond acceptors (Lipinski definition) is 2. The van der Waals surface area contributed by atoms with Crippen LogP contribution in [-0.4, -0.2) is 25.5 Å². The van der Waals surface area contributed by atoms with E-state index in [4.69, 9.17) is 0 Å². The second-order valence-electron chi connectivity index (χ2n) is 5.05. The molecule has 3 heteroatoms. The molecule has 0 saturated carbocycles. The van der Waals surface area contributed by atoms with Gasteiger partial charge < -0.3 is 10.6 Å². The minimum Gasteiger partial charge on any atom is -0.355 e. The highest BCUT2D eigenvalue weighted by Crippen LogP contribution is 2.06. The highest BCUT2D eigenvalue weighted by atomic mass is 16.1. The summed E-state index contributed by atoms with van der Waals surface area (Å²) in [4.78, 5) is 11.3. The van der Waals surface area contributed by atoms with Gasteiger partial charge in [-0.25, -0.2) is 0 Å². The van der Waals surface area contributed by atoms with Gasteiger partial charge in [0.15, 0.2) is 0 Å². The van der Waals surface area contributed by atoms with Gasteiger partial charge in [-0.3, -0.25) is 4.79 Å². The Morgan fingerprint density at radius 1 is 1.07 bits per heavy atom. The van der Waals surface area contributed by atoms with Crippen LogP contribution in [0.4, 0.5) is 0 Å². The first kappa shape index (κ1) is 14.4. The first-order chi connectivity index (χ1) is 6.93. The molecule has 90 valence electrons. The summed E-state index contributed by atoms with van der Waals surface area (Å²) >= 11 is 0. The Labute approximate surface area is 94.0 Å². The molecule has 0 aliphatic heterocycles. The summed E-state index contributed by atoms with van der Waals surface area (Å²) < 4.78 is 0. The van der Waals surface area contributed by atoms with Gasteiger partial charge in [-0.1, -0.05) is 34.6 Å². The molecule has 0 radical (unpaired) electrons. The van der Waals surface area contributed by atoms with Crippen molar-refractivity contribution in [3.8, 4) is 0 Å². The Morgan fingerprint density at radius 2 is 1.67 bits per heavy atom. The lowest BCUT2D eigenvalue weighted by Crippen LogP contribution is -2.37. The molecule has 0 aromatic rings. The van der Waals surface area contributed by atoms with E-state index >= 15 is 0 Å². The maximum Gasteiger partial charge on any atom is 0.233 e. The minimum absolute atomic E-state index is 0.0969. The van der Waals surface area contributed by atoms with E-state index in [0.29, 0.717) is 24.3 Å². The normalized spacial score (nSPS) is 13.3. The summed E-state index contributed by atoms with van der Waals surface area (Å²) in [5, 5.41) is 6.06. The summed E-state index contributed by atoms with van der Waals surface area (Å²) in [6, 6.07) is 0. The number of carbonyl (C=O) groups excluding carboxylic acids is 1. The van der Waals surface area contributed by atoms with Crippen LogP contribution in [0.5, 0.6) is 0 Å². The van der Waals surface area contributed by atoms with Crippen molar-refractivity contribution in [2.45, 2.75) is 34.6 Å². The van der Waals surface area contributed by atoms with Crippen molar-refractivity contribution < 1.29 is 4.79 Å². The van der Waals surface area contributed by atoms with Crippen molar-refractivity contribution in [2.24, 2.45) is 17.8 Å². The lowest BCUT2D eigenvalue weighted by Gasteiger charge is -2.16. The van der Waals surface area contributed by atoms with Gasteiger partial charge in [0.25, 0.3) is 0 Å². The zero-order chi connectivity index (χ0) is 11.8. The average Bonchev–Trinajstić information content (AvgIpc) is 2.14. The Morgan fingerprint density at radius 3 is 2.13 bits per heavy atom. The van der Waals surface area contributed by atoms with E-state index in [1.807, 2.05) is 0 Å². The molecule has 1 atom stereocenters. The lowest BCUT2D eigenvalue weighted by atomic mass is 9.98. The number of rotatable bonds is 7. The molecular formula is C12H26N2O. The smallest absolute Gasteiger partial charge is 0.233 e. The molecule has 0 bridgehead atoms. The van der Waals surface area contributed by atoms with Crippen molar-refractivity contribution in [1.29, 1.82) is 0 Å². The number of carbonyl (C=O) groups is 1. The van der Waals surface area contributed by atoms with Gasteiger partial charge in [0.2, 0.25) is 5.91 Å². The fraction of sp³-hybridized carbons (Fsp3) is 0.917. The summed E-state index contributed by atoms with van der Waals surface area (Å²) in [5.41, 5.74) is 0. The number of hydrogen-bond donors (Lipinski definition) is 2. The van der Waals surface area contributed by atoms with Crippen LogP contribution in [-0.2, 0) is 4.79 Å². The zero-order valence-corrected chi connectivity index (χ0v) is 10.8. The van der Waals surface area contributed by atoms with Gasteiger partial charge in [0.1, 0.15) is 0 Å². The Balaban J connectivity index is 3.47. The number of nitrogens with one attached hydrogen (secondary N) is 2. The molecular weight excluding hydrogens is 188 g/mol. The van der Waals surface area contributed by atoms with E-state index < -0.39 is 0 Å². The van der Waals surface area contributed by atoms with E-state index in [2.05, 4.69) is 45.3 Å². The van der Waals surface area contributed by atoms with Crippen LogP contribution in [0.25, 0.3) is 0 Å². The molecule has 1 unspecified atom stereocenters. The van der Waals surface area contributed by atoms with Crippen LogP contribution < -0.4 is 10.6 Å². The summed E-state index contributed by atoms with van der Waals surface area (Å²) in [7, 11) is 0. The molecule has 0 aliphatic rings. The zero-order valence-electron chi connectivity index (χ0n) is 10.8. The second kappa shape index (κ2) is 7.69. The standard InChI is InChI=1S/C12H26N2O/c1-9(2)6-14-12(15)8-13-7-11(5)10(3)4/h9-11,13H,6-8H2,1-5H3,(H,14,15). The molecule has 0 saturated heterocycles. The minimum atomic E-state index is 0.0969. The summed E-state index contributed by atoms with van der Waals surface area (Å²) in [6.45, 7) is 12.9. The summed E-state index contributed by atoms with van der Waals surface area (Å²) in [6.07, 6.45) is 0. The van der Waals surface area contributed by atoms with Gasteiger partial charge >= 0.3 is 0 Å². The van der Waals surface area contributed by atoms with E-state index in [9.17, 15) is 4.79 Å². The first-order valence-electron chi connectivity index (χ1n) is 5.90. The molecule has 0 rings (SSSR count). The molecule has 0 aliphatic carbocycles. The molecule has 2 N–H and O–H groups in total. The van der Waals surface area contributed by atoms with Crippen LogP contribution in [0.2, 0.25) is 0 Å². The van der Waals surface area contributed by atoms with Crippen molar-refractivity contribution in [1.82, 2.24) is 10.6 Å². The molecule has 0 aromatic carbocycles. The Hall–Kier alpha value is -0.570. The van der Waals surface area contributed by atoms with Crippen LogP contribution in [0, 0.1) is 17.8 Å². The van der Waals surface area contributed by atoms with Crippen molar-refractivity contribution >= 4 is 5.91 Å². The van der Waals surface area contributed by atoms with Crippen LogP contribution in [0.15, 0.2) is 0 Å². The van der Waals surface area contributed by atoms with E-state index in [1.54, 1.807) is 0 Å². The van der Waals surface area contributed by atoms with Crippen LogP contribution in [0.1, 0.15) is 34.6 Å². The van der Waals surface area contributed by atoms with Crippen LogP contribution >= 0.6 is 0 Å². The predicted octanol–water partition coefficient (Wildman–Crippen LogP) is 1.64. The van der Waals surface area contributed by atoms with Gasteiger partial charge in [-0.15, -0.1) is 0 Å². The highest BCUT2D eigenvalue weighted by Gasteiger charge is 2.07. The van der Waals surface area contributed by atoms with Crippen molar-refractivity contribution in [3.63, 3.8) is 0 Å². The third-order valence-corrected chi connectivity index (χ3v) is 2.60. The van der Waals surface area contributed by atoms with Gasteiger partial charge in [-0.2, -0.15) is 0 Å². The van der Waals surface area contributed by atoms with E-state index in [-0.39, 0.29) is 5.91 Å². The molecule has 1 amide bonds. The third kappa shape index (κ3) is 8.43. The quantitative estimate of drug-likeness (QED) is 0.676.